The smallest absolute Gasteiger partial charge is 0.327 e. The Balaban J connectivity index is 3.69. The summed E-state index contributed by atoms with van der Waals surface area (Å²) in [5, 5.41) is 0. The maximum Gasteiger partial charge on any atom is 0.470 e. The first-order valence-corrected chi connectivity index (χ1v) is 13.9. The van der Waals surface area contributed by atoms with Crippen molar-refractivity contribution in [1.82, 2.24) is 0 Å². The monoisotopic (exact) mass is 448 g/mol. The lowest BCUT2D eigenvalue weighted by atomic mass is 10.1. The highest BCUT2D eigenvalue weighted by Crippen LogP contribution is 2.39. The van der Waals surface area contributed by atoms with Crippen molar-refractivity contribution in [3.8, 4) is 0 Å². The van der Waals surface area contributed by atoms with Gasteiger partial charge in [-0.25, -0.2) is 4.57 Å². The van der Waals surface area contributed by atoms with Crippen LogP contribution in [0, 0.1) is 0 Å². The lowest BCUT2D eigenvalue weighted by Gasteiger charge is -2.32. The summed E-state index contributed by atoms with van der Waals surface area (Å²) in [5.41, 5.74) is 0. The van der Waals surface area contributed by atoms with Gasteiger partial charge in [0.05, 0.1) is 20.6 Å². The fourth-order valence-electron chi connectivity index (χ4n) is 3.67. The predicted molar refractivity (Wildman–Crippen MR) is 129 cm³/mol. The molecule has 0 aliphatic carbocycles. The zero-order valence-corrected chi connectivity index (χ0v) is 21.3. The van der Waals surface area contributed by atoms with Gasteiger partial charge in [0.15, 0.2) is 0 Å². The van der Waals surface area contributed by atoms with E-state index in [1.54, 1.807) is 0 Å². The maximum absolute atomic E-state index is 11.2. The van der Waals surface area contributed by atoms with E-state index in [0.29, 0.717) is 17.4 Å². The molecule has 0 saturated heterocycles. The molecule has 5 nitrogen and oxygen atoms in total. The van der Waals surface area contributed by atoms with Gasteiger partial charge in [0.25, 0.3) is 0 Å². The van der Waals surface area contributed by atoms with E-state index >= 15 is 0 Å². The number of likely N-dealkylation sites (N-methyl/N-ethyl adjacent to an activating group) is 1. The van der Waals surface area contributed by atoms with Crippen molar-refractivity contribution in [2.24, 2.45) is 0 Å². The first kappa shape index (κ1) is 29.8. The zero-order valence-electron chi connectivity index (χ0n) is 20.4. The number of rotatable bonds is 21. The van der Waals surface area contributed by atoms with Crippen molar-refractivity contribution in [3.63, 3.8) is 0 Å². The molecule has 0 aliphatic rings. The Morgan fingerprint density at radius 3 is 1.73 bits per heavy atom. The Labute approximate surface area is 187 Å². The van der Waals surface area contributed by atoms with Crippen molar-refractivity contribution in [1.29, 1.82) is 0 Å². The van der Waals surface area contributed by atoms with Crippen LogP contribution >= 0.6 is 7.82 Å². The zero-order chi connectivity index (χ0) is 22.7. The molecule has 0 spiro atoms. The third-order valence-corrected chi connectivity index (χ3v) is 6.45. The van der Waals surface area contributed by atoms with Gasteiger partial charge in [-0.05, 0) is 39.0 Å². The topological polar surface area (TPSA) is 66.8 Å². The summed E-state index contributed by atoms with van der Waals surface area (Å²) < 4.78 is 17.0. The van der Waals surface area contributed by atoms with Gasteiger partial charge in [0.1, 0.15) is 12.6 Å². The first-order chi connectivity index (χ1) is 14.2. The van der Waals surface area contributed by atoms with Crippen molar-refractivity contribution in [3.05, 3.63) is 12.2 Å². The molecule has 0 heterocycles. The fourth-order valence-corrected chi connectivity index (χ4v) is 4.23. The number of phosphoric ester groups is 1. The molecule has 0 saturated carbocycles. The highest BCUT2D eigenvalue weighted by atomic mass is 31.2. The molecule has 0 bridgehead atoms. The molecule has 0 aromatic heterocycles. The van der Waals surface area contributed by atoms with E-state index in [9.17, 15) is 4.57 Å². The molecule has 1 unspecified atom stereocenters. The lowest BCUT2D eigenvalue weighted by molar-refractivity contribution is -0.891. The van der Waals surface area contributed by atoms with Crippen LogP contribution in [0.25, 0.3) is 0 Å². The average molecular weight is 449 g/mol. The van der Waals surface area contributed by atoms with Crippen LogP contribution in [0.2, 0.25) is 0 Å². The fraction of sp³-hybridized carbons (Fsp3) is 0.917. The van der Waals surface area contributed by atoms with Crippen molar-refractivity contribution in [2.75, 3.05) is 27.2 Å². The van der Waals surface area contributed by atoms with Crippen LogP contribution in [0.5, 0.6) is 0 Å². The van der Waals surface area contributed by atoms with Crippen LogP contribution < -0.4 is 0 Å². The number of hydrogen-bond donors (Lipinski definition) is 2. The predicted octanol–water partition coefficient (Wildman–Crippen LogP) is 6.99. The second-order valence-corrected chi connectivity index (χ2v) is 10.6. The number of quaternary nitrogens is 1. The highest BCUT2D eigenvalue weighted by Gasteiger charge is 2.27. The van der Waals surface area contributed by atoms with E-state index < -0.39 is 7.82 Å². The van der Waals surface area contributed by atoms with E-state index in [4.69, 9.17) is 14.3 Å². The van der Waals surface area contributed by atoms with Gasteiger partial charge < -0.3 is 14.3 Å². The summed E-state index contributed by atoms with van der Waals surface area (Å²) in [6.07, 6.45) is 22.7. The third kappa shape index (κ3) is 21.1. The maximum atomic E-state index is 11.2. The molecule has 0 amide bonds. The quantitative estimate of drug-likeness (QED) is 0.0859. The van der Waals surface area contributed by atoms with Gasteiger partial charge in [0.2, 0.25) is 0 Å². The van der Waals surface area contributed by atoms with Crippen LogP contribution in [-0.4, -0.2) is 47.6 Å². The number of allylic oxidation sites excluding steroid dienone is 2. The van der Waals surface area contributed by atoms with Gasteiger partial charge in [-0.15, -0.1) is 0 Å². The van der Waals surface area contributed by atoms with Crippen molar-refractivity contribution in [2.45, 2.75) is 116 Å². The lowest BCUT2D eigenvalue weighted by Crippen LogP contribution is -2.45. The van der Waals surface area contributed by atoms with Crippen LogP contribution in [0.3, 0.4) is 0 Å². The number of phosphoric acid groups is 1. The number of hydrogen-bond acceptors (Lipinski definition) is 2. The Bertz CT molecular complexity index is 462. The standard InChI is InChI=1S/C24H50NO4P/c1-5-7-8-9-10-11-12-13-14-15-16-17-18-19-20-21-22-24(29-30(26,27)28)23-25(3,4)6-2/h13-14,24H,5-12,15-23H2,1-4H3,(H-,26,27,28)/p+1/b14-13-. The summed E-state index contributed by atoms with van der Waals surface area (Å²) >= 11 is 0. The minimum atomic E-state index is -4.43. The Morgan fingerprint density at radius 1 is 0.800 bits per heavy atom. The Kier molecular flexibility index (Phi) is 18.3. The van der Waals surface area contributed by atoms with Gasteiger partial charge in [-0.2, -0.15) is 0 Å². The molecule has 0 aromatic rings. The largest absolute Gasteiger partial charge is 0.470 e. The number of nitrogens with zero attached hydrogens (tertiary/aromatic N) is 1. The number of unbranched alkanes of at least 4 members (excludes halogenated alkanes) is 12. The molecule has 0 radical (unpaired) electrons. The SMILES string of the molecule is CCCCCCCC/C=C\CCCCCCCCC(C[N+](C)(C)CC)OP(=O)(O)O. The van der Waals surface area contributed by atoms with E-state index in [2.05, 4.69) is 40.1 Å². The average Bonchev–Trinajstić information content (AvgIpc) is 2.66. The van der Waals surface area contributed by atoms with Gasteiger partial charge in [-0.1, -0.05) is 83.3 Å². The van der Waals surface area contributed by atoms with Gasteiger partial charge in [0, 0.05) is 0 Å². The second-order valence-electron chi connectivity index (χ2n) is 9.38. The summed E-state index contributed by atoms with van der Waals surface area (Å²) in [4.78, 5) is 18.3. The molecule has 0 aromatic carbocycles. The molecule has 180 valence electrons. The minimum Gasteiger partial charge on any atom is -0.327 e. The molecule has 0 fully saturated rings. The molecule has 6 heteroatoms. The van der Waals surface area contributed by atoms with Crippen LogP contribution in [0.15, 0.2) is 12.2 Å². The first-order valence-electron chi connectivity index (χ1n) is 12.4. The molecule has 30 heavy (non-hydrogen) atoms. The molecule has 2 N–H and O–H groups in total. The summed E-state index contributed by atoms with van der Waals surface area (Å²) in [6.45, 7) is 5.89. The summed E-state index contributed by atoms with van der Waals surface area (Å²) in [5.74, 6) is 0. The molecular weight excluding hydrogens is 397 g/mol. The van der Waals surface area contributed by atoms with Gasteiger partial charge in [-0.3, -0.25) is 4.52 Å². The Morgan fingerprint density at radius 2 is 1.27 bits per heavy atom. The Hall–Kier alpha value is -0.190. The summed E-state index contributed by atoms with van der Waals surface area (Å²) in [7, 11) is -0.291. The third-order valence-electron chi connectivity index (χ3n) is 5.88. The highest BCUT2D eigenvalue weighted by molar-refractivity contribution is 7.46. The summed E-state index contributed by atoms with van der Waals surface area (Å²) in [6, 6.07) is 0. The van der Waals surface area contributed by atoms with E-state index in [-0.39, 0.29) is 6.10 Å². The minimum absolute atomic E-state index is 0.377. The van der Waals surface area contributed by atoms with E-state index in [1.165, 1.54) is 77.0 Å². The van der Waals surface area contributed by atoms with Crippen molar-refractivity contribution < 1.29 is 23.4 Å². The second kappa shape index (κ2) is 18.4. The van der Waals surface area contributed by atoms with E-state index in [1.807, 2.05) is 0 Å². The molecular formula is C24H51NO4P+. The van der Waals surface area contributed by atoms with Crippen LogP contribution in [0.4, 0.5) is 0 Å². The molecule has 0 aliphatic heterocycles. The van der Waals surface area contributed by atoms with Crippen LogP contribution in [0.1, 0.15) is 110 Å². The van der Waals surface area contributed by atoms with Crippen molar-refractivity contribution >= 4 is 7.82 Å². The van der Waals surface area contributed by atoms with E-state index in [0.717, 1.165) is 19.4 Å². The normalized spacial score (nSPS) is 13.9. The van der Waals surface area contributed by atoms with Crippen LogP contribution in [-0.2, 0) is 9.09 Å². The van der Waals surface area contributed by atoms with Gasteiger partial charge >= 0.3 is 7.82 Å². The molecule has 0 rings (SSSR count). The molecule has 1 atom stereocenters.